The standard InChI is InChI=1S/C34H37N3O7S/c1-43-26-15-23(14-25(39)17-26)29-16-22(3-2-10-36-32(40)27(35)12-19-5-8-24(38)9-6-19)30(44-29)18-31-33(41)37(34(42)45-31)28-13-20-4-7-21(28)11-20/h5-6,8-9,14-18,20-21,27-28,38-39H,2-4,7,10-13,35H2,1H3,(H,36,40)/b31-18-/t20?,21?,27-,28?/m0/s1. The van der Waals surface area contributed by atoms with E-state index in [-0.39, 0.29) is 34.6 Å². The Balaban J connectivity index is 1.17. The van der Waals surface area contributed by atoms with Gasteiger partial charge in [-0.05, 0) is 104 Å². The van der Waals surface area contributed by atoms with Crippen LogP contribution < -0.4 is 15.8 Å². The zero-order valence-electron chi connectivity index (χ0n) is 25.0. The van der Waals surface area contributed by atoms with Gasteiger partial charge in [-0.3, -0.25) is 19.3 Å². The molecule has 1 aliphatic heterocycles. The monoisotopic (exact) mass is 631 g/mol. The van der Waals surface area contributed by atoms with Gasteiger partial charge in [0.15, 0.2) is 0 Å². The van der Waals surface area contributed by atoms with Gasteiger partial charge in [-0.1, -0.05) is 18.6 Å². The van der Waals surface area contributed by atoms with E-state index in [1.54, 1.807) is 42.5 Å². The maximum absolute atomic E-state index is 13.5. The molecule has 45 heavy (non-hydrogen) atoms. The molecule has 6 rings (SSSR count). The van der Waals surface area contributed by atoms with Crippen LogP contribution in [-0.4, -0.2) is 57.9 Å². The van der Waals surface area contributed by atoms with Gasteiger partial charge in [0.2, 0.25) is 5.91 Å². The first-order chi connectivity index (χ1) is 21.7. The molecule has 11 heteroatoms. The largest absolute Gasteiger partial charge is 0.508 e. The van der Waals surface area contributed by atoms with Gasteiger partial charge in [-0.2, -0.15) is 0 Å². The summed E-state index contributed by atoms with van der Waals surface area (Å²) in [6.07, 6.45) is 7.26. The van der Waals surface area contributed by atoms with Crippen LogP contribution in [0.4, 0.5) is 4.79 Å². The van der Waals surface area contributed by atoms with Crippen molar-refractivity contribution in [2.75, 3.05) is 13.7 Å². The average molecular weight is 632 g/mol. The van der Waals surface area contributed by atoms with E-state index < -0.39 is 6.04 Å². The molecule has 3 fully saturated rings. The number of fused-ring (bicyclic) bond motifs is 2. The van der Waals surface area contributed by atoms with E-state index in [0.29, 0.717) is 65.4 Å². The topological polar surface area (TPSA) is 155 Å². The fraction of sp³-hybridized carbons (Fsp3) is 0.382. The molecular weight excluding hydrogens is 594 g/mol. The van der Waals surface area contributed by atoms with Gasteiger partial charge in [-0.15, -0.1) is 0 Å². The van der Waals surface area contributed by atoms with Crippen molar-refractivity contribution in [3.05, 3.63) is 70.3 Å². The van der Waals surface area contributed by atoms with Crippen molar-refractivity contribution in [1.29, 1.82) is 0 Å². The summed E-state index contributed by atoms with van der Waals surface area (Å²) in [7, 11) is 1.51. The molecule has 1 saturated heterocycles. The lowest BCUT2D eigenvalue weighted by Gasteiger charge is -2.28. The summed E-state index contributed by atoms with van der Waals surface area (Å²) < 4.78 is 11.5. The molecule has 2 aromatic carbocycles. The number of ether oxygens (including phenoxy) is 1. The second kappa shape index (κ2) is 13.0. The number of aryl methyl sites for hydroxylation is 1. The Morgan fingerprint density at radius 3 is 2.64 bits per heavy atom. The second-order valence-corrected chi connectivity index (χ2v) is 13.1. The van der Waals surface area contributed by atoms with E-state index in [1.165, 1.54) is 24.5 Å². The first kappa shape index (κ1) is 30.8. The van der Waals surface area contributed by atoms with Gasteiger partial charge in [0, 0.05) is 30.3 Å². The van der Waals surface area contributed by atoms with Crippen molar-refractivity contribution in [3.63, 3.8) is 0 Å². The summed E-state index contributed by atoms with van der Waals surface area (Å²) in [6.45, 7) is 0.364. The molecule has 236 valence electrons. The summed E-state index contributed by atoms with van der Waals surface area (Å²) in [5, 5.41) is 22.3. The molecule has 1 aromatic heterocycles. The van der Waals surface area contributed by atoms with Crippen LogP contribution in [0.15, 0.2) is 57.9 Å². The Hall–Kier alpha value is -4.22. The Bertz CT molecular complexity index is 1630. The average Bonchev–Trinajstić information content (AvgIpc) is 3.80. The number of nitrogens with zero attached hydrogens (tertiary/aromatic N) is 1. The molecule has 3 unspecified atom stereocenters. The van der Waals surface area contributed by atoms with Crippen LogP contribution in [-0.2, 0) is 22.4 Å². The highest BCUT2D eigenvalue weighted by atomic mass is 32.2. The fourth-order valence-corrected chi connectivity index (χ4v) is 7.61. The van der Waals surface area contributed by atoms with Crippen molar-refractivity contribution in [2.45, 2.75) is 57.0 Å². The minimum Gasteiger partial charge on any atom is -0.508 e. The van der Waals surface area contributed by atoms with Crippen LogP contribution in [0.5, 0.6) is 17.2 Å². The third-order valence-corrected chi connectivity index (χ3v) is 9.91. The van der Waals surface area contributed by atoms with Gasteiger partial charge in [-0.25, -0.2) is 0 Å². The maximum atomic E-state index is 13.5. The number of imide groups is 1. The molecule has 2 bridgehead atoms. The first-order valence-corrected chi connectivity index (χ1v) is 16.1. The van der Waals surface area contributed by atoms with E-state index in [0.717, 1.165) is 42.2 Å². The van der Waals surface area contributed by atoms with E-state index in [4.69, 9.17) is 14.9 Å². The Labute approximate surface area is 265 Å². The molecule has 2 saturated carbocycles. The highest BCUT2D eigenvalue weighted by Gasteiger charge is 2.49. The summed E-state index contributed by atoms with van der Waals surface area (Å²) in [4.78, 5) is 40.9. The van der Waals surface area contributed by atoms with E-state index in [1.807, 2.05) is 6.07 Å². The van der Waals surface area contributed by atoms with Crippen LogP contribution in [0.1, 0.15) is 49.0 Å². The minimum absolute atomic E-state index is 0.0159. The Morgan fingerprint density at radius 2 is 1.93 bits per heavy atom. The highest BCUT2D eigenvalue weighted by molar-refractivity contribution is 8.18. The lowest BCUT2D eigenvalue weighted by atomic mass is 9.94. The number of hydrogen-bond acceptors (Lipinski definition) is 9. The quantitative estimate of drug-likeness (QED) is 0.165. The first-order valence-electron chi connectivity index (χ1n) is 15.3. The van der Waals surface area contributed by atoms with Crippen molar-refractivity contribution < 1.29 is 33.8 Å². The number of carbonyl (C=O) groups is 3. The van der Waals surface area contributed by atoms with Crippen LogP contribution in [0.25, 0.3) is 17.4 Å². The SMILES string of the molecule is COc1cc(O)cc(-c2cc(CCCNC(=O)[C@@H](N)Cc3ccc(O)cc3)c(/C=C3\SC(=O)N(C4CC5CCC4C5)C3=O)o2)c1. The van der Waals surface area contributed by atoms with E-state index in [9.17, 15) is 24.6 Å². The molecule has 0 spiro atoms. The molecular formula is C34H37N3O7S. The molecule has 3 aromatic rings. The summed E-state index contributed by atoms with van der Waals surface area (Å²) in [5.74, 6) is 1.97. The smallest absolute Gasteiger partial charge is 0.293 e. The zero-order chi connectivity index (χ0) is 31.7. The van der Waals surface area contributed by atoms with Crippen LogP contribution in [0.3, 0.4) is 0 Å². The molecule has 3 amide bonds. The summed E-state index contributed by atoms with van der Waals surface area (Å²) in [5.41, 5.74) is 8.34. The molecule has 0 radical (unpaired) electrons. The maximum Gasteiger partial charge on any atom is 0.293 e. The number of aromatic hydroxyl groups is 2. The third kappa shape index (κ3) is 6.74. The van der Waals surface area contributed by atoms with Gasteiger partial charge in [0.25, 0.3) is 11.1 Å². The van der Waals surface area contributed by atoms with Gasteiger partial charge in [0.1, 0.15) is 28.8 Å². The van der Waals surface area contributed by atoms with Gasteiger partial charge >= 0.3 is 0 Å². The number of hydrogen-bond donors (Lipinski definition) is 4. The number of nitrogens with one attached hydrogen (secondary N) is 1. The van der Waals surface area contributed by atoms with E-state index in [2.05, 4.69) is 5.32 Å². The predicted molar refractivity (Wildman–Crippen MR) is 171 cm³/mol. The van der Waals surface area contributed by atoms with Gasteiger partial charge in [0.05, 0.1) is 18.1 Å². The number of phenols is 2. The minimum atomic E-state index is -0.739. The number of phenolic OH excluding ortho intramolecular Hbond substituents is 2. The summed E-state index contributed by atoms with van der Waals surface area (Å²) in [6, 6.07) is 12.5. The molecule has 2 heterocycles. The Kier molecular flexibility index (Phi) is 8.91. The molecule has 10 nitrogen and oxygen atoms in total. The van der Waals surface area contributed by atoms with Crippen LogP contribution >= 0.6 is 11.8 Å². The number of furan rings is 1. The Morgan fingerprint density at radius 1 is 1.13 bits per heavy atom. The number of carbonyl (C=O) groups excluding carboxylic acids is 3. The van der Waals surface area contributed by atoms with Crippen molar-refractivity contribution >= 4 is 34.9 Å². The number of methoxy groups -OCH3 is 1. The zero-order valence-corrected chi connectivity index (χ0v) is 25.8. The lowest BCUT2D eigenvalue weighted by Crippen LogP contribution is -2.42. The van der Waals surface area contributed by atoms with E-state index >= 15 is 0 Å². The second-order valence-electron chi connectivity index (χ2n) is 12.1. The number of thioether (sulfide) groups is 1. The predicted octanol–water partition coefficient (Wildman–Crippen LogP) is 5.21. The number of benzene rings is 2. The third-order valence-electron chi connectivity index (χ3n) is 9.02. The van der Waals surface area contributed by atoms with Crippen LogP contribution in [0.2, 0.25) is 0 Å². The normalized spacial score (nSPS) is 22.4. The van der Waals surface area contributed by atoms with Crippen molar-refractivity contribution in [3.8, 4) is 28.6 Å². The fourth-order valence-electron chi connectivity index (χ4n) is 6.76. The number of amides is 3. The molecule has 2 aliphatic carbocycles. The summed E-state index contributed by atoms with van der Waals surface area (Å²) >= 11 is 0.944. The van der Waals surface area contributed by atoms with Gasteiger partial charge < -0.3 is 30.4 Å². The molecule has 4 atom stereocenters. The van der Waals surface area contributed by atoms with Crippen molar-refractivity contribution in [2.24, 2.45) is 17.6 Å². The lowest BCUT2D eigenvalue weighted by molar-refractivity contribution is -0.125. The number of nitrogens with two attached hydrogens (primary N) is 1. The van der Waals surface area contributed by atoms with Crippen molar-refractivity contribution in [1.82, 2.24) is 10.2 Å². The highest BCUT2D eigenvalue weighted by Crippen LogP contribution is 2.49. The molecule has 5 N–H and O–H groups in total. The molecule has 3 aliphatic rings. The van der Waals surface area contributed by atoms with Crippen LogP contribution in [0, 0.1) is 11.8 Å². The number of rotatable bonds is 11.